The largest absolute Gasteiger partial charge is 2.00 e. The Hall–Kier alpha value is 0.536. The van der Waals surface area contributed by atoms with Gasteiger partial charge in [0.25, 0.3) is 0 Å². The van der Waals surface area contributed by atoms with Gasteiger partial charge in [-0.2, -0.15) is 0 Å². The van der Waals surface area contributed by atoms with Gasteiger partial charge in [-0.05, 0) is 0 Å². The molecule has 0 saturated heterocycles. The Kier molecular flexibility index (Phi) is 22.2. The van der Waals surface area contributed by atoms with Crippen molar-refractivity contribution in [3.05, 3.63) is 0 Å². The van der Waals surface area contributed by atoms with Crippen LogP contribution in [0.1, 0.15) is 0 Å². The first kappa shape index (κ1) is 23.6. The number of hydrogen-bond donors (Lipinski definition) is 2. The zero-order chi connectivity index (χ0) is 4.50. The molecule has 0 atom stereocenters. The second-order valence-corrected chi connectivity index (χ2v) is 1.41. The van der Waals surface area contributed by atoms with Gasteiger partial charge in [0, 0.05) is 0 Å². The summed E-state index contributed by atoms with van der Waals surface area (Å²) in [6.45, 7) is 0. The molecule has 0 aliphatic heterocycles. The van der Waals surface area contributed by atoms with E-state index < -0.39 is 7.82 Å². The molecule has 6 N–H and O–H groups in total. The summed E-state index contributed by atoms with van der Waals surface area (Å²) in [6.07, 6.45) is 0. The Balaban J connectivity index is -0.0000000267. The molecule has 0 unspecified atom stereocenters. The normalized spacial score (nSPS) is 7.38. The van der Waals surface area contributed by atoms with E-state index in [1.54, 1.807) is 0 Å². The monoisotopic (exact) mass is 190 g/mol. The predicted molar refractivity (Wildman–Crippen MR) is 18.5 cm³/mol. The molecule has 0 rings (SSSR count). The van der Waals surface area contributed by atoms with Crippen molar-refractivity contribution in [1.82, 2.24) is 6.15 Å². The van der Waals surface area contributed by atoms with E-state index in [-0.39, 0.29) is 28.4 Å². The van der Waals surface area contributed by atoms with Crippen LogP contribution in [-0.2, 0) is 21.3 Å². The van der Waals surface area contributed by atoms with Gasteiger partial charge in [-0.15, -0.1) is 0 Å². The zero-order valence-electron chi connectivity index (χ0n) is 3.66. The molecule has 0 aromatic heterocycles. The minimum absolute atomic E-state index is 0. The molecule has 0 saturated carbocycles. The van der Waals surface area contributed by atoms with Gasteiger partial charge in [0.05, 0.1) is 7.82 Å². The smallest absolute Gasteiger partial charge is 0.790 e. The summed E-state index contributed by atoms with van der Waals surface area (Å²) >= 11 is 0. The van der Waals surface area contributed by atoms with E-state index in [1.165, 1.54) is 0 Å². The van der Waals surface area contributed by atoms with Gasteiger partial charge >= 0.3 is 16.8 Å². The number of phosphoric acid groups is 1. The first-order valence-corrected chi connectivity index (χ1v) is 2.24. The Morgan fingerprint density at radius 3 is 1.38 bits per heavy atom. The van der Waals surface area contributed by atoms with E-state index in [4.69, 9.17) is 19.2 Å². The second-order valence-electron chi connectivity index (χ2n) is 0.469. The maximum Gasteiger partial charge on any atom is 2.00 e. The molecule has 8 heteroatoms. The van der Waals surface area contributed by atoms with Gasteiger partial charge in [0.2, 0.25) is 0 Å². The van der Waals surface area contributed by atoms with Crippen LogP contribution in [0.5, 0.6) is 0 Å². The SMILES string of the molecule is N.O.O=P([O-])([O-])O.[Co+2]. The van der Waals surface area contributed by atoms with Crippen LogP contribution in [0.4, 0.5) is 0 Å². The van der Waals surface area contributed by atoms with Crippen LogP contribution in [-0.4, -0.2) is 10.4 Å². The Labute approximate surface area is 56.2 Å². The number of rotatable bonds is 0. The Morgan fingerprint density at radius 1 is 1.38 bits per heavy atom. The quantitative estimate of drug-likeness (QED) is 0.393. The molecular weight excluding hydrogens is 184 g/mol. The maximum atomic E-state index is 8.66. The predicted octanol–water partition coefficient (Wildman–Crippen LogP) is -2.86. The van der Waals surface area contributed by atoms with Crippen LogP contribution < -0.4 is 15.9 Å². The van der Waals surface area contributed by atoms with Gasteiger partial charge in [0.15, 0.2) is 0 Å². The molecule has 0 heterocycles. The number of hydrogen-bond acceptors (Lipinski definition) is 4. The average molecular weight is 190 g/mol. The van der Waals surface area contributed by atoms with Crippen molar-refractivity contribution in [1.29, 1.82) is 0 Å². The van der Waals surface area contributed by atoms with Crippen LogP contribution in [0.25, 0.3) is 0 Å². The second kappa shape index (κ2) is 7.54. The molecule has 0 aliphatic rings. The third-order valence-corrected chi connectivity index (χ3v) is 0. The van der Waals surface area contributed by atoms with Crippen molar-refractivity contribution in [3.63, 3.8) is 0 Å². The van der Waals surface area contributed by atoms with Crippen molar-refractivity contribution in [2.45, 2.75) is 0 Å². The van der Waals surface area contributed by atoms with Crippen molar-refractivity contribution in [3.8, 4) is 0 Å². The van der Waals surface area contributed by atoms with Gasteiger partial charge in [-0.25, -0.2) is 0 Å². The van der Waals surface area contributed by atoms with Crippen LogP contribution in [0.2, 0.25) is 0 Å². The van der Waals surface area contributed by atoms with E-state index in [9.17, 15) is 0 Å². The third-order valence-electron chi connectivity index (χ3n) is 0. The molecule has 0 fully saturated rings. The van der Waals surface area contributed by atoms with Crippen LogP contribution in [0.15, 0.2) is 0 Å². The van der Waals surface area contributed by atoms with Crippen molar-refractivity contribution in [2.75, 3.05) is 0 Å². The fourth-order valence-corrected chi connectivity index (χ4v) is 0. The van der Waals surface area contributed by atoms with E-state index in [0.717, 1.165) is 0 Å². The maximum absolute atomic E-state index is 8.66. The molecule has 0 bridgehead atoms. The summed E-state index contributed by atoms with van der Waals surface area (Å²) in [5.74, 6) is 0. The summed E-state index contributed by atoms with van der Waals surface area (Å²) in [5, 5.41) is 0. The van der Waals surface area contributed by atoms with Gasteiger partial charge in [0.1, 0.15) is 0 Å². The molecule has 6 nitrogen and oxygen atoms in total. The van der Waals surface area contributed by atoms with Gasteiger partial charge in [-0.3, -0.25) is 0 Å². The van der Waals surface area contributed by atoms with Crippen molar-refractivity contribution >= 4 is 7.82 Å². The molecule has 0 spiro atoms. The zero-order valence-corrected chi connectivity index (χ0v) is 5.60. The molecule has 0 aromatic rings. The summed E-state index contributed by atoms with van der Waals surface area (Å²) in [6, 6.07) is 0. The van der Waals surface area contributed by atoms with E-state index in [0.29, 0.717) is 0 Å². The van der Waals surface area contributed by atoms with Gasteiger partial charge in [-0.1, -0.05) is 0 Å². The van der Waals surface area contributed by atoms with Crippen LogP contribution >= 0.6 is 7.82 Å². The minimum atomic E-state index is -5.14. The molecule has 55 valence electrons. The van der Waals surface area contributed by atoms with E-state index in [1.807, 2.05) is 0 Å². The minimum Gasteiger partial charge on any atom is -0.790 e. The molecule has 0 aromatic carbocycles. The first-order chi connectivity index (χ1) is 2.00. The summed E-state index contributed by atoms with van der Waals surface area (Å²) < 4.78 is 8.66. The van der Waals surface area contributed by atoms with Gasteiger partial charge < -0.3 is 30.9 Å². The standard InChI is InChI=1S/Co.H3N.H3O4P.H2O/c;;1-5(2,3)4;/h;1H3;(H3,1,2,3,4);1H2/q+2;;;/p-2. The Bertz CT molecular complexity index is 58.6. The molecule has 0 aliphatic carbocycles. The first-order valence-electron chi connectivity index (χ1n) is 0.748. The topological polar surface area (TPSA) is 150 Å². The fraction of sp³-hybridized carbons (Fsp3) is 0. The molecule has 8 heavy (non-hydrogen) atoms. The summed E-state index contributed by atoms with van der Waals surface area (Å²) in [7, 11) is -5.14. The van der Waals surface area contributed by atoms with Crippen LogP contribution in [0, 0.1) is 0 Å². The van der Waals surface area contributed by atoms with Crippen molar-refractivity contribution in [2.24, 2.45) is 0 Å². The molecule has 0 amide bonds. The molecular formula is H6CoNO5P. The third kappa shape index (κ3) is 696. The van der Waals surface area contributed by atoms with E-state index >= 15 is 0 Å². The summed E-state index contributed by atoms with van der Waals surface area (Å²) in [4.78, 5) is 24.3. The summed E-state index contributed by atoms with van der Waals surface area (Å²) in [5.41, 5.74) is 0. The Morgan fingerprint density at radius 2 is 1.38 bits per heavy atom. The average Bonchev–Trinajstić information content (AvgIpc) is 0.722. The van der Waals surface area contributed by atoms with Crippen molar-refractivity contribution < 1.29 is 41.5 Å². The van der Waals surface area contributed by atoms with E-state index in [2.05, 4.69) is 0 Å². The molecule has 1 radical (unpaired) electrons. The fourth-order valence-electron chi connectivity index (χ4n) is 0. The van der Waals surface area contributed by atoms with Crippen LogP contribution in [0.3, 0.4) is 0 Å².